The molecular formula is C13H16F3N3O2. The molecule has 0 saturated carbocycles. The number of nitro benzene ring substituents is 1. The minimum Gasteiger partial charge on any atom is -0.370 e. The van der Waals surface area contributed by atoms with Crippen molar-refractivity contribution in [3.63, 3.8) is 0 Å². The summed E-state index contributed by atoms with van der Waals surface area (Å²) in [5.74, 6) is 0. The maximum atomic E-state index is 13.0. The maximum absolute atomic E-state index is 13.0. The molecule has 1 aromatic rings. The molecule has 0 spiro atoms. The first-order valence-electron chi connectivity index (χ1n) is 6.60. The molecule has 0 aliphatic carbocycles. The van der Waals surface area contributed by atoms with Gasteiger partial charge < -0.3 is 10.2 Å². The number of benzene rings is 1. The number of likely N-dealkylation sites (N-methyl/N-ethyl adjacent to an activating group) is 1. The van der Waals surface area contributed by atoms with Crippen LogP contribution in [-0.4, -0.2) is 31.1 Å². The summed E-state index contributed by atoms with van der Waals surface area (Å²) in [5.41, 5.74) is -1.74. The SMILES string of the molecule is CNC1CCCN(c2ccc([N+](=O)[O-])c(C(F)(F)F)c2)C1. The number of piperidine rings is 1. The predicted molar refractivity (Wildman–Crippen MR) is 72.4 cm³/mol. The Morgan fingerprint density at radius 1 is 1.43 bits per heavy atom. The highest BCUT2D eigenvalue weighted by Gasteiger charge is 2.39. The molecule has 2 rings (SSSR count). The van der Waals surface area contributed by atoms with Crippen molar-refractivity contribution in [2.24, 2.45) is 0 Å². The standard InChI is InChI=1S/C13H16F3N3O2/c1-17-9-3-2-6-18(8-9)10-4-5-12(19(20)21)11(7-10)13(14,15)16/h4-5,7,9,17H,2-3,6,8H2,1H3. The molecule has 21 heavy (non-hydrogen) atoms. The monoisotopic (exact) mass is 303 g/mol. The quantitative estimate of drug-likeness (QED) is 0.689. The smallest absolute Gasteiger partial charge is 0.370 e. The molecule has 116 valence electrons. The number of nitro groups is 1. The number of nitrogens with one attached hydrogen (secondary N) is 1. The first kappa shape index (κ1) is 15.6. The Kier molecular flexibility index (Phi) is 4.36. The lowest BCUT2D eigenvalue weighted by atomic mass is 10.0. The Bertz CT molecular complexity index is 534. The predicted octanol–water partition coefficient (Wildman–Crippen LogP) is 2.80. The molecule has 1 saturated heterocycles. The van der Waals surface area contributed by atoms with Gasteiger partial charge in [-0.3, -0.25) is 10.1 Å². The summed E-state index contributed by atoms with van der Waals surface area (Å²) < 4.78 is 38.9. The minimum absolute atomic E-state index is 0.211. The number of hydrogen-bond acceptors (Lipinski definition) is 4. The van der Waals surface area contributed by atoms with E-state index in [4.69, 9.17) is 0 Å². The third kappa shape index (κ3) is 3.44. The lowest BCUT2D eigenvalue weighted by molar-refractivity contribution is -0.388. The van der Waals surface area contributed by atoms with E-state index in [1.807, 2.05) is 11.9 Å². The second kappa shape index (κ2) is 5.88. The molecule has 0 amide bonds. The summed E-state index contributed by atoms with van der Waals surface area (Å²) in [6.07, 6.45) is -2.91. The van der Waals surface area contributed by atoms with Crippen molar-refractivity contribution in [2.75, 3.05) is 25.0 Å². The third-order valence-corrected chi connectivity index (χ3v) is 3.68. The van der Waals surface area contributed by atoms with Crippen molar-refractivity contribution in [3.8, 4) is 0 Å². The van der Waals surface area contributed by atoms with Crippen LogP contribution in [0.2, 0.25) is 0 Å². The number of rotatable bonds is 3. The molecule has 1 fully saturated rings. The Morgan fingerprint density at radius 2 is 2.14 bits per heavy atom. The summed E-state index contributed by atoms with van der Waals surface area (Å²) in [5, 5.41) is 13.8. The minimum atomic E-state index is -4.74. The fourth-order valence-corrected chi connectivity index (χ4v) is 2.55. The van der Waals surface area contributed by atoms with E-state index in [-0.39, 0.29) is 6.04 Å². The zero-order valence-corrected chi connectivity index (χ0v) is 11.5. The number of anilines is 1. The number of alkyl halides is 3. The second-order valence-corrected chi connectivity index (χ2v) is 5.03. The van der Waals surface area contributed by atoms with Crippen molar-refractivity contribution < 1.29 is 18.1 Å². The summed E-state index contributed by atoms with van der Waals surface area (Å²) in [4.78, 5) is 11.6. The van der Waals surface area contributed by atoms with Crippen LogP contribution in [-0.2, 0) is 6.18 Å². The molecule has 1 unspecified atom stereocenters. The van der Waals surface area contributed by atoms with Crippen LogP contribution in [0.15, 0.2) is 18.2 Å². The second-order valence-electron chi connectivity index (χ2n) is 5.03. The van der Waals surface area contributed by atoms with Crippen LogP contribution in [0.4, 0.5) is 24.5 Å². The maximum Gasteiger partial charge on any atom is 0.423 e. The van der Waals surface area contributed by atoms with E-state index in [9.17, 15) is 23.3 Å². The van der Waals surface area contributed by atoms with E-state index in [1.54, 1.807) is 0 Å². The molecular weight excluding hydrogens is 287 g/mol. The van der Waals surface area contributed by atoms with Crippen LogP contribution < -0.4 is 10.2 Å². The van der Waals surface area contributed by atoms with Crippen molar-refractivity contribution in [2.45, 2.75) is 25.1 Å². The van der Waals surface area contributed by atoms with Gasteiger partial charge in [0.1, 0.15) is 5.56 Å². The van der Waals surface area contributed by atoms with E-state index in [0.717, 1.165) is 25.0 Å². The van der Waals surface area contributed by atoms with E-state index in [2.05, 4.69) is 5.32 Å². The molecule has 0 bridgehead atoms. The van der Waals surface area contributed by atoms with Crippen molar-refractivity contribution in [1.82, 2.24) is 5.32 Å². The summed E-state index contributed by atoms with van der Waals surface area (Å²) >= 11 is 0. The molecule has 1 aliphatic heterocycles. The first-order chi connectivity index (χ1) is 9.82. The van der Waals surface area contributed by atoms with Gasteiger partial charge in [-0.2, -0.15) is 13.2 Å². The van der Waals surface area contributed by atoms with Gasteiger partial charge in [-0.15, -0.1) is 0 Å². The van der Waals surface area contributed by atoms with Gasteiger partial charge in [-0.05, 0) is 32.0 Å². The van der Waals surface area contributed by atoms with Crippen LogP contribution in [0.5, 0.6) is 0 Å². The van der Waals surface area contributed by atoms with E-state index in [1.165, 1.54) is 6.07 Å². The molecule has 5 nitrogen and oxygen atoms in total. The zero-order chi connectivity index (χ0) is 15.6. The van der Waals surface area contributed by atoms with Gasteiger partial charge in [0.25, 0.3) is 5.69 Å². The van der Waals surface area contributed by atoms with Gasteiger partial charge in [0, 0.05) is 30.9 Å². The van der Waals surface area contributed by atoms with Gasteiger partial charge in [0.15, 0.2) is 0 Å². The van der Waals surface area contributed by atoms with Gasteiger partial charge in [0.05, 0.1) is 4.92 Å². The van der Waals surface area contributed by atoms with Crippen LogP contribution in [0.25, 0.3) is 0 Å². The molecule has 1 aromatic carbocycles. The lowest BCUT2D eigenvalue weighted by Gasteiger charge is -2.34. The summed E-state index contributed by atoms with van der Waals surface area (Å²) in [6.45, 7) is 1.24. The fourth-order valence-electron chi connectivity index (χ4n) is 2.55. The largest absolute Gasteiger partial charge is 0.423 e. The average Bonchev–Trinajstić information content (AvgIpc) is 2.45. The molecule has 0 radical (unpaired) electrons. The topological polar surface area (TPSA) is 58.4 Å². The highest BCUT2D eigenvalue weighted by atomic mass is 19.4. The normalized spacial score (nSPS) is 19.6. The molecule has 0 aromatic heterocycles. The van der Waals surface area contributed by atoms with Crippen LogP contribution >= 0.6 is 0 Å². The first-order valence-corrected chi connectivity index (χ1v) is 6.60. The number of halogens is 3. The van der Waals surface area contributed by atoms with Gasteiger partial charge in [-0.1, -0.05) is 0 Å². The number of hydrogen-bond donors (Lipinski definition) is 1. The van der Waals surface area contributed by atoms with Gasteiger partial charge in [-0.25, -0.2) is 0 Å². The summed E-state index contributed by atoms with van der Waals surface area (Å²) in [6, 6.07) is 3.39. The molecule has 1 atom stereocenters. The van der Waals surface area contributed by atoms with Gasteiger partial charge >= 0.3 is 6.18 Å². The molecule has 1 heterocycles. The number of nitrogens with zero attached hydrogens (tertiary/aromatic N) is 2. The Labute approximate surface area is 119 Å². The Hall–Kier alpha value is -1.83. The van der Waals surface area contributed by atoms with E-state index >= 15 is 0 Å². The van der Waals surface area contributed by atoms with Gasteiger partial charge in [0.2, 0.25) is 0 Å². The van der Waals surface area contributed by atoms with Crippen LogP contribution in [0, 0.1) is 10.1 Å². The van der Waals surface area contributed by atoms with Crippen molar-refractivity contribution in [3.05, 3.63) is 33.9 Å². The van der Waals surface area contributed by atoms with Crippen molar-refractivity contribution >= 4 is 11.4 Å². The van der Waals surface area contributed by atoms with E-state index in [0.29, 0.717) is 18.8 Å². The molecule has 1 aliphatic rings. The third-order valence-electron chi connectivity index (χ3n) is 3.68. The Balaban J connectivity index is 2.35. The Morgan fingerprint density at radius 3 is 2.71 bits per heavy atom. The highest BCUT2D eigenvalue weighted by molar-refractivity contribution is 5.57. The summed E-state index contributed by atoms with van der Waals surface area (Å²) in [7, 11) is 1.81. The highest BCUT2D eigenvalue weighted by Crippen LogP contribution is 2.38. The fraction of sp³-hybridized carbons (Fsp3) is 0.538. The van der Waals surface area contributed by atoms with Crippen LogP contribution in [0.1, 0.15) is 18.4 Å². The zero-order valence-electron chi connectivity index (χ0n) is 11.5. The molecule has 1 N–H and O–H groups in total. The van der Waals surface area contributed by atoms with Crippen molar-refractivity contribution in [1.29, 1.82) is 0 Å². The average molecular weight is 303 g/mol. The van der Waals surface area contributed by atoms with E-state index < -0.39 is 22.4 Å². The lowest BCUT2D eigenvalue weighted by Crippen LogP contribution is -2.44. The van der Waals surface area contributed by atoms with Crippen LogP contribution in [0.3, 0.4) is 0 Å². The molecule has 8 heteroatoms.